The molecule has 0 aliphatic carbocycles. The highest BCUT2D eigenvalue weighted by Crippen LogP contribution is 2.14. The van der Waals surface area contributed by atoms with Crippen LogP contribution in [0.3, 0.4) is 0 Å². The predicted octanol–water partition coefficient (Wildman–Crippen LogP) is 1.98. The smallest absolute Gasteiger partial charge is 0.193 e. The molecule has 0 atom stereocenters. The Hall–Kier alpha value is -1.22. The summed E-state index contributed by atoms with van der Waals surface area (Å²) in [6, 6.07) is 7.78. The van der Waals surface area contributed by atoms with Gasteiger partial charge in [0.25, 0.3) is 0 Å². The van der Waals surface area contributed by atoms with Crippen LogP contribution in [-0.4, -0.2) is 32.0 Å². The van der Waals surface area contributed by atoms with Gasteiger partial charge in [0.2, 0.25) is 0 Å². The third-order valence-corrected chi connectivity index (χ3v) is 2.40. The maximum Gasteiger partial charge on any atom is 0.193 e. The molecule has 0 spiro atoms. The van der Waals surface area contributed by atoms with E-state index in [0.29, 0.717) is 6.54 Å². The van der Waals surface area contributed by atoms with Crippen molar-refractivity contribution in [3.8, 4) is 0 Å². The maximum atomic E-state index is 6.04. The van der Waals surface area contributed by atoms with Gasteiger partial charge in [0, 0.05) is 32.7 Å². The zero-order valence-corrected chi connectivity index (χ0v) is 10.0. The van der Waals surface area contributed by atoms with Crippen molar-refractivity contribution in [2.45, 2.75) is 6.54 Å². The Balaban J connectivity index is 2.61. The molecule has 3 nitrogen and oxygen atoms in total. The highest BCUT2D eigenvalue weighted by molar-refractivity contribution is 6.31. The van der Waals surface area contributed by atoms with Crippen molar-refractivity contribution in [1.82, 2.24) is 10.2 Å². The standard InChI is InChI=1S/C11H16ClN3/c1-13-11(15(2)3)14-8-9-6-4-5-7-10(9)12/h4-7H,8H2,1-3H3,(H,13,14). The van der Waals surface area contributed by atoms with Gasteiger partial charge >= 0.3 is 0 Å². The number of aliphatic imine (C=N–C) groups is 1. The molecule has 0 heterocycles. The van der Waals surface area contributed by atoms with Gasteiger partial charge in [-0.15, -0.1) is 0 Å². The van der Waals surface area contributed by atoms with E-state index in [1.54, 1.807) is 7.05 Å². The quantitative estimate of drug-likeness (QED) is 0.616. The molecule has 0 bridgehead atoms. The fraction of sp³-hybridized carbons (Fsp3) is 0.364. The highest BCUT2D eigenvalue weighted by atomic mass is 35.5. The van der Waals surface area contributed by atoms with E-state index in [9.17, 15) is 0 Å². The molecule has 0 aliphatic heterocycles. The molecule has 0 saturated carbocycles. The summed E-state index contributed by atoms with van der Waals surface area (Å²) in [7, 11) is 5.65. The summed E-state index contributed by atoms with van der Waals surface area (Å²) in [5.41, 5.74) is 1.07. The molecule has 0 aromatic heterocycles. The number of rotatable bonds is 2. The molecule has 0 aliphatic rings. The third-order valence-electron chi connectivity index (χ3n) is 2.03. The normalized spacial score (nSPS) is 11.3. The van der Waals surface area contributed by atoms with Crippen LogP contribution in [-0.2, 0) is 6.54 Å². The van der Waals surface area contributed by atoms with Crippen LogP contribution in [0.5, 0.6) is 0 Å². The lowest BCUT2D eigenvalue weighted by Crippen LogP contribution is -2.35. The number of hydrogen-bond donors (Lipinski definition) is 1. The van der Waals surface area contributed by atoms with Crippen molar-refractivity contribution >= 4 is 17.6 Å². The van der Waals surface area contributed by atoms with E-state index in [1.807, 2.05) is 43.3 Å². The number of nitrogens with zero attached hydrogens (tertiary/aromatic N) is 2. The minimum Gasteiger partial charge on any atom is -0.352 e. The molecule has 1 rings (SSSR count). The van der Waals surface area contributed by atoms with Gasteiger partial charge in [0.15, 0.2) is 5.96 Å². The number of hydrogen-bond acceptors (Lipinski definition) is 1. The third kappa shape index (κ3) is 3.44. The van der Waals surface area contributed by atoms with Crippen LogP contribution < -0.4 is 5.32 Å². The van der Waals surface area contributed by atoms with E-state index in [4.69, 9.17) is 11.6 Å². The van der Waals surface area contributed by atoms with Gasteiger partial charge in [-0.2, -0.15) is 0 Å². The summed E-state index contributed by atoms with van der Waals surface area (Å²) in [5, 5.41) is 3.99. The van der Waals surface area contributed by atoms with Crippen LogP contribution in [0, 0.1) is 0 Å². The largest absolute Gasteiger partial charge is 0.352 e. The summed E-state index contributed by atoms with van der Waals surface area (Å²) < 4.78 is 0. The summed E-state index contributed by atoms with van der Waals surface area (Å²) >= 11 is 6.04. The molecule has 4 heteroatoms. The van der Waals surface area contributed by atoms with Gasteiger partial charge in [0.1, 0.15) is 0 Å². The summed E-state index contributed by atoms with van der Waals surface area (Å²) in [6.07, 6.45) is 0. The second-order valence-corrected chi connectivity index (χ2v) is 3.79. The van der Waals surface area contributed by atoms with Crippen molar-refractivity contribution in [2.24, 2.45) is 4.99 Å². The van der Waals surface area contributed by atoms with Crippen LogP contribution in [0.15, 0.2) is 29.3 Å². The van der Waals surface area contributed by atoms with Gasteiger partial charge in [0.05, 0.1) is 0 Å². The lowest BCUT2D eigenvalue weighted by molar-refractivity contribution is 0.583. The molecule has 0 radical (unpaired) electrons. The Labute approximate surface area is 95.8 Å². The first kappa shape index (κ1) is 11.9. The summed E-state index contributed by atoms with van der Waals surface area (Å²) in [6.45, 7) is 0.685. The number of nitrogens with one attached hydrogen (secondary N) is 1. The average molecular weight is 226 g/mol. The Morgan fingerprint density at radius 3 is 2.60 bits per heavy atom. The van der Waals surface area contributed by atoms with E-state index in [1.165, 1.54) is 0 Å². The molecule has 1 aromatic carbocycles. The van der Waals surface area contributed by atoms with Crippen molar-refractivity contribution < 1.29 is 0 Å². The van der Waals surface area contributed by atoms with Crippen LogP contribution in [0.1, 0.15) is 5.56 Å². The van der Waals surface area contributed by atoms with Gasteiger partial charge < -0.3 is 10.2 Å². The molecule has 1 aromatic rings. The molecule has 0 fully saturated rings. The summed E-state index contributed by atoms with van der Waals surface area (Å²) in [4.78, 5) is 6.05. The zero-order chi connectivity index (χ0) is 11.3. The first-order chi connectivity index (χ1) is 7.15. The van der Waals surface area contributed by atoms with Crippen LogP contribution in [0.2, 0.25) is 5.02 Å². The van der Waals surface area contributed by atoms with Crippen molar-refractivity contribution in [3.05, 3.63) is 34.9 Å². The Bertz CT molecular complexity index is 347. The zero-order valence-electron chi connectivity index (χ0n) is 9.29. The van der Waals surface area contributed by atoms with Gasteiger partial charge in [-0.1, -0.05) is 29.8 Å². The lowest BCUT2D eigenvalue weighted by atomic mass is 10.2. The average Bonchev–Trinajstić information content (AvgIpc) is 2.21. The van der Waals surface area contributed by atoms with Crippen LogP contribution in [0.25, 0.3) is 0 Å². The first-order valence-electron chi connectivity index (χ1n) is 4.76. The van der Waals surface area contributed by atoms with Crippen molar-refractivity contribution in [3.63, 3.8) is 0 Å². The first-order valence-corrected chi connectivity index (χ1v) is 5.14. The van der Waals surface area contributed by atoms with E-state index >= 15 is 0 Å². The summed E-state index contributed by atoms with van der Waals surface area (Å²) in [5.74, 6) is 0.843. The van der Waals surface area contributed by atoms with E-state index in [-0.39, 0.29) is 0 Å². The van der Waals surface area contributed by atoms with E-state index < -0.39 is 0 Å². The second-order valence-electron chi connectivity index (χ2n) is 3.39. The van der Waals surface area contributed by atoms with Gasteiger partial charge in [-0.3, -0.25) is 4.99 Å². The fourth-order valence-electron chi connectivity index (χ4n) is 1.25. The molecule has 82 valence electrons. The van der Waals surface area contributed by atoms with E-state index in [2.05, 4.69) is 10.3 Å². The minimum atomic E-state index is 0.685. The fourth-order valence-corrected chi connectivity index (χ4v) is 1.46. The van der Waals surface area contributed by atoms with Crippen molar-refractivity contribution in [1.29, 1.82) is 0 Å². The van der Waals surface area contributed by atoms with Crippen LogP contribution in [0.4, 0.5) is 0 Å². The molecule has 0 saturated heterocycles. The van der Waals surface area contributed by atoms with Gasteiger partial charge in [-0.05, 0) is 11.6 Å². The second kappa shape index (κ2) is 5.61. The number of halogens is 1. The highest BCUT2D eigenvalue weighted by Gasteiger charge is 2.02. The molecule has 15 heavy (non-hydrogen) atoms. The topological polar surface area (TPSA) is 27.6 Å². The van der Waals surface area contributed by atoms with E-state index in [0.717, 1.165) is 16.5 Å². The Kier molecular flexibility index (Phi) is 4.43. The monoisotopic (exact) mass is 225 g/mol. The predicted molar refractivity (Wildman–Crippen MR) is 65.3 cm³/mol. The Morgan fingerprint density at radius 1 is 1.40 bits per heavy atom. The van der Waals surface area contributed by atoms with Crippen LogP contribution >= 0.6 is 11.6 Å². The molecular weight excluding hydrogens is 210 g/mol. The number of benzene rings is 1. The molecule has 0 unspecified atom stereocenters. The number of guanidine groups is 1. The molecular formula is C11H16ClN3. The Morgan fingerprint density at radius 2 is 2.07 bits per heavy atom. The van der Waals surface area contributed by atoms with Gasteiger partial charge in [-0.25, -0.2) is 0 Å². The minimum absolute atomic E-state index is 0.685. The lowest BCUT2D eigenvalue weighted by Gasteiger charge is -2.17. The molecule has 1 N–H and O–H groups in total. The SMILES string of the molecule is CN=C(NCc1ccccc1Cl)N(C)C. The maximum absolute atomic E-state index is 6.04. The molecule has 0 amide bonds. The van der Waals surface area contributed by atoms with Crippen molar-refractivity contribution in [2.75, 3.05) is 21.1 Å².